The van der Waals surface area contributed by atoms with Crippen molar-refractivity contribution in [3.63, 3.8) is 0 Å². The lowest BCUT2D eigenvalue weighted by molar-refractivity contribution is -0.188. The minimum Gasteiger partial charge on any atom is -0.462 e. The Bertz CT molecular complexity index is 458. The van der Waals surface area contributed by atoms with Crippen LogP contribution in [0.5, 0.6) is 0 Å². The number of methoxy groups -OCH3 is 1. The molecule has 0 aliphatic heterocycles. The molecule has 1 aliphatic rings. The number of aromatic nitrogens is 2. The molecule has 0 saturated heterocycles. The number of hydrogen-bond acceptors (Lipinski definition) is 5. The minimum atomic E-state index is -4.30. The predicted molar refractivity (Wildman–Crippen MR) is 56.4 cm³/mol. The smallest absolute Gasteiger partial charge is 0.396 e. The molecular formula is C11H13F3N2O3. The quantitative estimate of drug-likeness (QED) is 0.778. The number of rotatable bonds is 2. The fraction of sp³-hybridized carbons (Fsp3) is 0.727. The van der Waals surface area contributed by atoms with E-state index in [1.807, 2.05) is 0 Å². The number of carbonyl (C=O) groups excluding carboxylic acids is 1. The van der Waals surface area contributed by atoms with E-state index in [0.717, 1.165) is 7.11 Å². The fourth-order valence-corrected chi connectivity index (χ4v) is 2.37. The average Bonchev–Trinajstić information content (AvgIpc) is 2.86. The molecule has 0 bridgehead atoms. The van der Waals surface area contributed by atoms with E-state index in [0.29, 0.717) is 19.3 Å². The van der Waals surface area contributed by atoms with E-state index in [1.54, 1.807) is 0 Å². The van der Waals surface area contributed by atoms with Gasteiger partial charge in [-0.2, -0.15) is 13.2 Å². The second-order valence-corrected chi connectivity index (χ2v) is 4.48. The van der Waals surface area contributed by atoms with Gasteiger partial charge in [0.1, 0.15) is 0 Å². The number of nitrogens with zero attached hydrogens (tertiary/aromatic N) is 2. The molecule has 1 saturated carbocycles. The third kappa shape index (κ3) is 2.87. The van der Waals surface area contributed by atoms with E-state index >= 15 is 0 Å². The number of alkyl halides is 3. The van der Waals surface area contributed by atoms with Crippen LogP contribution >= 0.6 is 0 Å². The summed E-state index contributed by atoms with van der Waals surface area (Å²) < 4.78 is 48.2. The third-order valence-electron chi connectivity index (χ3n) is 3.30. The van der Waals surface area contributed by atoms with Crippen molar-refractivity contribution in [2.45, 2.75) is 37.8 Å². The lowest BCUT2D eigenvalue weighted by Gasteiger charge is -2.30. The van der Waals surface area contributed by atoms with Crippen molar-refractivity contribution in [2.24, 2.45) is 5.92 Å². The first kappa shape index (κ1) is 13.8. The molecule has 0 aromatic carbocycles. The summed E-state index contributed by atoms with van der Waals surface area (Å²) >= 11 is 0. The average molecular weight is 278 g/mol. The Morgan fingerprint density at radius 2 is 2.00 bits per heavy atom. The lowest BCUT2D eigenvalue weighted by atomic mass is 9.79. The SMILES string of the molecule is COC(=O)c1nnc(C2CCCCC2C(F)(F)F)o1. The van der Waals surface area contributed by atoms with Crippen molar-refractivity contribution >= 4 is 5.97 Å². The Kier molecular flexibility index (Phi) is 3.77. The molecule has 1 aromatic rings. The summed E-state index contributed by atoms with van der Waals surface area (Å²) in [5.41, 5.74) is 0. The monoisotopic (exact) mass is 278 g/mol. The second kappa shape index (κ2) is 5.18. The van der Waals surface area contributed by atoms with Crippen LogP contribution in [0, 0.1) is 5.92 Å². The van der Waals surface area contributed by atoms with E-state index in [1.165, 1.54) is 0 Å². The van der Waals surface area contributed by atoms with E-state index in [-0.39, 0.29) is 12.3 Å². The fourth-order valence-electron chi connectivity index (χ4n) is 2.37. The van der Waals surface area contributed by atoms with E-state index in [4.69, 9.17) is 4.42 Å². The molecule has 19 heavy (non-hydrogen) atoms. The maximum absolute atomic E-state index is 12.9. The molecule has 0 amide bonds. The summed E-state index contributed by atoms with van der Waals surface area (Å²) in [7, 11) is 1.13. The normalized spacial score (nSPS) is 24.2. The van der Waals surface area contributed by atoms with E-state index in [2.05, 4.69) is 14.9 Å². The number of halogens is 3. The summed E-state index contributed by atoms with van der Waals surface area (Å²) in [5.74, 6) is -3.77. The highest BCUT2D eigenvalue weighted by Crippen LogP contribution is 2.45. The van der Waals surface area contributed by atoms with Gasteiger partial charge in [0.15, 0.2) is 0 Å². The van der Waals surface area contributed by atoms with Crippen molar-refractivity contribution in [1.29, 1.82) is 0 Å². The highest BCUT2D eigenvalue weighted by atomic mass is 19.4. The summed E-state index contributed by atoms with van der Waals surface area (Å²) in [5, 5.41) is 6.98. The second-order valence-electron chi connectivity index (χ2n) is 4.48. The number of ether oxygens (including phenoxy) is 1. The molecule has 0 spiro atoms. The van der Waals surface area contributed by atoms with Gasteiger partial charge >= 0.3 is 18.0 Å². The molecule has 2 rings (SSSR count). The molecule has 2 unspecified atom stereocenters. The summed E-state index contributed by atoms with van der Waals surface area (Å²) in [6.45, 7) is 0. The van der Waals surface area contributed by atoms with Gasteiger partial charge in [0.2, 0.25) is 5.89 Å². The van der Waals surface area contributed by atoms with Crippen LogP contribution in [0.1, 0.15) is 48.2 Å². The Morgan fingerprint density at radius 1 is 1.32 bits per heavy atom. The Balaban J connectivity index is 2.23. The molecule has 0 N–H and O–H groups in total. The first-order valence-corrected chi connectivity index (χ1v) is 5.92. The van der Waals surface area contributed by atoms with E-state index in [9.17, 15) is 18.0 Å². The van der Waals surface area contributed by atoms with Crippen LogP contribution in [0.3, 0.4) is 0 Å². The van der Waals surface area contributed by atoms with Gasteiger partial charge in [0.25, 0.3) is 0 Å². The van der Waals surface area contributed by atoms with Crippen LogP contribution in [0.15, 0.2) is 4.42 Å². The number of carbonyl (C=O) groups is 1. The third-order valence-corrected chi connectivity index (χ3v) is 3.30. The van der Waals surface area contributed by atoms with Gasteiger partial charge in [-0.3, -0.25) is 0 Å². The zero-order valence-electron chi connectivity index (χ0n) is 10.2. The van der Waals surface area contributed by atoms with Crippen molar-refractivity contribution in [3.05, 3.63) is 11.8 Å². The maximum Gasteiger partial charge on any atom is 0.396 e. The largest absolute Gasteiger partial charge is 0.462 e. The van der Waals surface area contributed by atoms with Gasteiger partial charge in [0.05, 0.1) is 13.0 Å². The molecule has 1 heterocycles. The number of hydrogen-bond donors (Lipinski definition) is 0. The zero-order chi connectivity index (χ0) is 14.0. The lowest BCUT2D eigenvalue weighted by Crippen LogP contribution is -2.31. The maximum atomic E-state index is 12.9. The van der Waals surface area contributed by atoms with Crippen LogP contribution < -0.4 is 0 Å². The van der Waals surface area contributed by atoms with Gasteiger partial charge in [-0.05, 0) is 12.8 Å². The Labute approximate surface area is 107 Å². The standard InChI is InChI=1S/C11H13F3N2O3/c1-18-10(17)9-16-15-8(19-9)6-4-2-3-5-7(6)11(12,13)14/h6-7H,2-5H2,1H3. The van der Waals surface area contributed by atoms with Crippen LogP contribution in [-0.2, 0) is 4.74 Å². The molecule has 1 aliphatic carbocycles. The molecular weight excluding hydrogens is 265 g/mol. The van der Waals surface area contributed by atoms with E-state index < -0.39 is 29.9 Å². The van der Waals surface area contributed by atoms with Crippen molar-refractivity contribution < 1.29 is 27.1 Å². The van der Waals surface area contributed by atoms with Crippen LogP contribution in [-0.4, -0.2) is 29.5 Å². The van der Waals surface area contributed by atoms with Crippen LogP contribution in [0.4, 0.5) is 13.2 Å². The van der Waals surface area contributed by atoms with Crippen molar-refractivity contribution in [2.75, 3.05) is 7.11 Å². The van der Waals surface area contributed by atoms with Crippen LogP contribution in [0.25, 0.3) is 0 Å². The highest BCUT2D eigenvalue weighted by Gasteiger charge is 2.47. The molecule has 0 radical (unpaired) electrons. The summed E-state index contributed by atoms with van der Waals surface area (Å²) in [6.07, 6.45) is -2.73. The molecule has 1 fully saturated rings. The topological polar surface area (TPSA) is 65.2 Å². The molecule has 106 valence electrons. The summed E-state index contributed by atoms with van der Waals surface area (Å²) in [4.78, 5) is 11.1. The van der Waals surface area contributed by atoms with Crippen LogP contribution in [0.2, 0.25) is 0 Å². The minimum absolute atomic E-state index is 0.0457. The Hall–Kier alpha value is -1.60. The van der Waals surface area contributed by atoms with Gasteiger partial charge in [-0.15, -0.1) is 10.2 Å². The van der Waals surface area contributed by atoms with Gasteiger partial charge in [-0.1, -0.05) is 12.8 Å². The van der Waals surface area contributed by atoms with Gasteiger partial charge in [-0.25, -0.2) is 4.79 Å². The molecule has 5 nitrogen and oxygen atoms in total. The Morgan fingerprint density at radius 3 is 2.63 bits per heavy atom. The first-order valence-electron chi connectivity index (χ1n) is 5.92. The molecule has 2 atom stereocenters. The van der Waals surface area contributed by atoms with Gasteiger partial charge < -0.3 is 9.15 Å². The molecule has 8 heteroatoms. The summed E-state index contributed by atoms with van der Waals surface area (Å²) in [6, 6.07) is 0. The molecule has 1 aromatic heterocycles. The highest BCUT2D eigenvalue weighted by molar-refractivity contribution is 5.83. The number of esters is 1. The predicted octanol–water partition coefficient (Wildman–Crippen LogP) is 2.69. The van der Waals surface area contributed by atoms with Crippen molar-refractivity contribution in [1.82, 2.24) is 10.2 Å². The van der Waals surface area contributed by atoms with Gasteiger partial charge in [0, 0.05) is 5.92 Å². The zero-order valence-corrected chi connectivity index (χ0v) is 10.2. The van der Waals surface area contributed by atoms with Crippen molar-refractivity contribution in [3.8, 4) is 0 Å². The first-order chi connectivity index (χ1) is 8.93.